The molecular formula is C15H11F2NO3. The molecule has 0 aromatic heterocycles. The first-order chi connectivity index (χ1) is 9.88. The quantitative estimate of drug-likeness (QED) is 0.491. The van der Waals surface area contributed by atoms with Gasteiger partial charge in [0.05, 0.1) is 10.5 Å². The van der Waals surface area contributed by atoms with Crippen LogP contribution in [0.15, 0.2) is 36.4 Å². The molecule has 0 saturated heterocycles. The smallest absolute Gasteiger partial charge is 0.280 e. The van der Waals surface area contributed by atoms with Gasteiger partial charge in [0.15, 0.2) is 17.4 Å². The zero-order valence-electron chi connectivity index (χ0n) is 11.1. The van der Waals surface area contributed by atoms with Gasteiger partial charge in [-0.3, -0.25) is 14.9 Å². The van der Waals surface area contributed by atoms with Crippen molar-refractivity contribution in [3.05, 3.63) is 74.8 Å². The van der Waals surface area contributed by atoms with Crippen LogP contribution in [-0.2, 0) is 6.42 Å². The van der Waals surface area contributed by atoms with Crippen LogP contribution >= 0.6 is 0 Å². The lowest BCUT2D eigenvalue weighted by Crippen LogP contribution is -2.08. The van der Waals surface area contributed by atoms with E-state index in [0.717, 1.165) is 12.1 Å². The Hall–Kier alpha value is -2.63. The third-order valence-electron chi connectivity index (χ3n) is 3.00. The molecule has 108 valence electrons. The molecule has 0 heterocycles. The molecule has 2 aromatic carbocycles. The average molecular weight is 291 g/mol. The molecule has 0 aliphatic rings. The maximum atomic E-state index is 13.1. The maximum Gasteiger partial charge on any atom is 0.280 e. The van der Waals surface area contributed by atoms with E-state index in [9.17, 15) is 23.7 Å². The van der Waals surface area contributed by atoms with Gasteiger partial charge in [-0.25, -0.2) is 8.78 Å². The van der Waals surface area contributed by atoms with Gasteiger partial charge in [-0.05, 0) is 36.2 Å². The van der Waals surface area contributed by atoms with Crippen LogP contribution in [0.1, 0.15) is 21.5 Å². The molecule has 0 N–H and O–H groups in total. The van der Waals surface area contributed by atoms with Crippen LogP contribution in [0.25, 0.3) is 0 Å². The zero-order valence-corrected chi connectivity index (χ0v) is 11.1. The molecule has 0 bridgehead atoms. The summed E-state index contributed by atoms with van der Waals surface area (Å²) in [5.74, 6) is -2.58. The summed E-state index contributed by atoms with van der Waals surface area (Å²) in [4.78, 5) is 22.5. The number of nitro benzene ring substituents is 1. The predicted molar refractivity (Wildman–Crippen MR) is 72.2 cm³/mol. The summed E-state index contributed by atoms with van der Waals surface area (Å²) in [5, 5.41) is 10.9. The van der Waals surface area contributed by atoms with Crippen molar-refractivity contribution in [3.63, 3.8) is 0 Å². The van der Waals surface area contributed by atoms with Crippen molar-refractivity contribution in [1.29, 1.82) is 0 Å². The molecule has 0 aliphatic carbocycles. The van der Waals surface area contributed by atoms with Gasteiger partial charge in [-0.2, -0.15) is 0 Å². The minimum atomic E-state index is -1.06. The van der Waals surface area contributed by atoms with Crippen LogP contribution in [0, 0.1) is 28.7 Å². The third kappa shape index (κ3) is 3.28. The first-order valence-corrected chi connectivity index (χ1v) is 6.10. The average Bonchev–Trinajstić information content (AvgIpc) is 2.42. The minimum Gasteiger partial charge on any atom is -0.294 e. The fraction of sp³-hybridized carbons (Fsp3) is 0.133. The Kier molecular flexibility index (Phi) is 4.07. The van der Waals surface area contributed by atoms with Gasteiger partial charge in [0.2, 0.25) is 0 Å². The topological polar surface area (TPSA) is 60.2 Å². The van der Waals surface area contributed by atoms with E-state index in [-0.39, 0.29) is 23.2 Å². The van der Waals surface area contributed by atoms with E-state index < -0.39 is 22.3 Å². The number of nitro groups is 1. The van der Waals surface area contributed by atoms with Crippen LogP contribution < -0.4 is 0 Å². The predicted octanol–water partition coefficient (Wildman–Crippen LogP) is 3.61. The number of rotatable bonds is 4. The molecule has 2 aromatic rings. The maximum absolute atomic E-state index is 13.1. The number of hydrogen-bond acceptors (Lipinski definition) is 3. The van der Waals surface area contributed by atoms with Gasteiger partial charge in [0.1, 0.15) is 0 Å². The van der Waals surface area contributed by atoms with Gasteiger partial charge in [0.25, 0.3) is 5.69 Å². The molecule has 0 atom stereocenters. The number of ketones is 1. The second-order valence-corrected chi connectivity index (χ2v) is 4.63. The fourth-order valence-electron chi connectivity index (χ4n) is 1.96. The number of benzene rings is 2. The highest BCUT2D eigenvalue weighted by Crippen LogP contribution is 2.22. The number of nitrogens with zero attached hydrogens (tertiary/aromatic N) is 1. The molecule has 0 amide bonds. The van der Waals surface area contributed by atoms with Gasteiger partial charge < -0.3 is 0 Å². The second kappa shape index (κ2) is 5.78. The van der Waals surface area contributed by atoms with Crippen molar-refractivity contribution in [2.75, 3.05) is 0 Å². The van der Waals surface area contributed by atoms with Crippen molar-refractivity contribution in [1.82, 2.24) is 0 Å². The third-order valence-corrected chi connectivity index (χ3v) is 3.00. The van der Waals surface area contributed by atoms with Crippen LogP contribution in [0.4, 0.5) is 14.5 Å². The van der Waals surface area contributed by atoms with E-state index in [1.807, 2.05) is 0 Å². The number of carbonyl (C=O) groups is 1. The van der Waals surface area contributed by atoms with Crippen LogP contribution in [0.3, 0.4) is 0 Å². The molecular weight excluding hydrogens is 280 g/mol. The fourth-order valence-corrected chi connectivity index (χ4v) is 1.96. The zero-order chi connectivity index (χ0) is 15.6. The summed E-state index contributed by atoms with van der Waals surface area (Å²) in [6.07, 6.45) is -0.235. The van der Waals surface area contributed by atoms with E-state index in [2.05, 4.69) is 0 Å². The molecule has 0 unspecified atom stereocenters. The van der Waals surface area contributed by atoms with Gasteiger partial charge >= 0.3 is 0 Å². The second-order valence-electron chi connectivity index (χ2n) is 4.63. The van der Waals surface area contributed by atoms with Gasteiger partial charge in [-0.1, -0.05) is 12.1 Å². The van der Waals surface area contributed by atoms with Gasteiger partial charge in [-0.15, -0.1) is 0 Å². The monoisotopic (exact) mass is 291 g/mol. The SMILES string of the molecule is Cc1ccc([N+](=O)[O-])c(C(=O)Cc2ccc(F)c(F)c2)c1. The Morgan fingerprint density at radius 1 is 1.14 bits per heavy atom. The summed E-state index contributed by atoms with van der Waals surface area (Å²) in [6.45, 7) is 1.71. The Bertz CT molecular complexity index is 729. The standard InChI is InChI=1S/C15H11F2NO3/c1-9-2-5-14(18(20)21)11(6-9)15(19)8-10-3-4-12(16)13(17)7-10/h2-7H,8H2,1H3. The van der Waals surface area contributed by atoms with E-state index in [0.29, 0.717) is 5.56 Å². The number of hydrogen-bond donors (Lipinski definition) is 0. The lowest BCUT2D eigenvalue weighted by molar-refractivity contribution is -0.385. The Morgan fingerprint density at radius 2 is 1.86 bits per heavy atom. The van der Waals surface area contributed by atoms with Crippen molar-refractivity contribution in [3.8, 4) is 0 Å². The number of Topliss-reactive ketones (excluding diaryl/α,β-unsaturated/α-hetero) is 1. The van der Waals surface area contributed by atoms with Crippen LogP contribution in [-0.4, -0.2) is 10.7 Å². The molecule has 6 heteroatoms. The Morgan fingerprint density at radius 3 is 2.48 bits per heavy atom. The number of carbonyl (C=O) groups excluding carboxylic acids is 1. The highest BCUT2D eigenvalue weighted by Gasteiger charge is 2.20. The highest BCUT2D eigenvalue weighted by molar-refractivity contribution is 6.01. The Labute approximate surface area is 119 Å². The van der Waals surface area contributed by atoms with Gasteiger partial charge in [0, 0.05) is 12.5 Å². The summed E-state index contributed by atoms with van der Waals surface area (Å²) in [5.41, 5.74) is 0.627. The van der Waals surface area contributed by atoms with E-state index in [1.54, 1.807) is 6.92 Å². The molecule has 21 heavy (non-hydrogen) atoms. The van der Waals surface area contributed by atoms with E-state index in [1.165, 1.54) is 24.3 Å². The summed E-state index contributed by atoms with van der Waals surface area (Å²) < 4.78 is 25.9. The first kappa shape index (κ1) is 14.8. The number of aryl methyl sites for hydroxylation is 1. The van der Waals surface area contributed by atoms with Crippen LogP contribution in [0.2, 0.25) is 0 Å². The molecule has 0 radical (unpaired) electrons. The van der Waals surface area contributed by atoms with Crippen molar-refractivity contribution in [2.45, 2.75) is 13.3 Å². The molecule has 4 nitrogen and oxygen atoms in total. The first-order valence-electron chi connectivity index (χ1n) is 6.10. The highest BCUT2D eigenvalue weighted by atomic mass is 19.2. The van der Waals surface area contributed by atoms with Crippen LogP contribution in [0.5, 0.6) is 0 Å². The lowest BCUT2D eigenvalue weighted by atomic mass is 10.00. The molecule has 0 aliphatic heterocycles. The van der Waals surface area contributed by atoms with E-state index in [4.69, 9.17) is 0 Å². The van der Waals surface area contributed by atoms with Crippen molar-refractivity contribution >= 4 is 11.5 Å². The number of halogens is 2. The van der Waals surface area contributed by atoms with E-state index >= 15 is 0 Å². The molecule has 0 saturated carbocycles. The summed E-state index contributed by atoms with van der Waals surface area (Å²) in [6, 6.07) is 7.32. The Balaban J connectivity index is 2.34. The lowest BCUT2D eigenvalue weighted by Gasteiger charge is -2.05. The van der Waals surface area contributed by atoms with Crippen molar-refractivity contribution in [2.24, 2.45) is 0 Å². The molecule has 0 fully saturated rings. The summed E-state index contributed by atoms with van der Waals surface area (Å²) in [7, 11) is 0. The molecule has 2 rings (SSSR count). The summed E-state index contributed by atoms with van der Waals surface area (Å²) >= 11 is 0. The normalized spacial score (nSPS) is 10.4. The van der Waals surface area contributed by atoms with Crippen molar-refractivity contribution < 1.29 is 18.5 Å². The largest absolute Gasteiger partial charge is 0.294 e. The molecule has 0 spiro atoms. The minimum absolute atomic E-state index is 0.0373.